The summed E-state index contributed by atoms with van der Waals surface area (Å²) in [6.07, 6.45) is 6.41. The van der Waals surface area contributed by atoms with Crippen molar-refractivity contribution in [2.24, 2.45) is 11.3 Å². The Morgan fingerprint density at radius 3 is 2.67 bits per heavy atom. The summed E-state index contributed by atoms with van der Waals surface area (Å²) in [4.78, 5) is 0. The van der Waals surface area contributed by atoms with Gasteiger partial charge in [-0.05, 0) is 42.2 Å². The molecule has 0 bridgehead atoms. The van der Waals surface area contributed by atoms with Crippen LogP contribution in [0.15, 0.2) is 24.3 Å². The average molecular weight is 309 g/mol. The fraction of sp³-hybridized carbons (Fsp3) is 0.647. The molecule has 0 saturated heterocycles. The van der Waals surface area contributed by atoms with E-state index in [1.807, 2.05) is 24.3 Å². The number of para-hydroxylation sites is 1. The highest BCUT2D eigenvalue weighted by molar-refractivity contribution is 7.89. The smallest absolute Gasteiger partial charge is 0.151 e. The third-order valence-corrected chi connectivity index (χ3v) is 5.16. The van der Waals surface area contributed by atoms with Crippen LogP contribution in [-0.2, 0) is 15.6 Å². The van der Waals surface area contributed by atoms with E-state index in [0.29, 0.717) is 11.3 Å². The molecule has 1 aliphatic carbocycles. The largest absolute Gasteiger partial charge is 0.385 e. The summed E-state index contributed by atoms with van der Waals surface area (Å²) in [5.74, 6) is 0.784. The summed E-state index contributed by atoms with van der Waals surface area (Å²) in [6.45, 7) is 5.62. The van der Waals surface area contributed by atoms with Crippen molar-refractivity contribution in [1.29, 1.82) is 0 Å². The lowest BCUT2D eigenvalue weighted by Gasteiger charge is -2.35. The molecule has 0 heterocycles. The van der Waals surface area contributed by atoms with Crippen LogP contribution in [0.2, 0.25) is 0 Å². The van der Waals surface area contributed by atoms with E-state index < -0.39 is 9.84 Å². The molecule has 0 radical (unpaired) electrons. The fourth-order valence-electron chi connectivity index (χ4n) is 3.38. The maximum atomic E-state index is 11.5. The van der Waals surface area contributed by atoms with Gasteiger partial charge in [-0.2, -0.15) is 0 Å². The highest BCUT2D eigenvalue weighted by Crippen LogP contribution is 2.38. The maximum Gasteiger partial charge on any atom is 0.151 e. The lowest BCUT2D eigenvalue weighted by Crippen LogP contribution is -2.27. The molecule has 0 unspecified atom stereocenters. The summed E-state index contributed by atoms with van der Waals surface area (Å²) < 4.78 is 23.0. The molecule has 4 heteroatoms. The van der Waals surface area contributed by atoms with Gasteiger partial charge in [0.05, 0.1) is 5.75 Å². The summed E-state index contributed by atoms with van der Waals surface area (Å²) >= 11 is 0. The van der Waals surface area contributed by atoms with E-state index in [-0.39, 0.29) is 5.75 Å². The first kappa shape index (κ1) is 16.3. The first-order valence-electron chi connectivity index (χ1n) is 7.75. The molecule has 0 spiro atoms. The second kappa shape index (κ2) is 6.39. The van der Waals surface area contributed by atoms with Gasteiger partial charge in [0.15, 0.2) is 9.84 Å². The molecule has 2 rings (SSSR count). The van der Waals surface area contributed by atoms with Gasteiger partial charge in [-0.25, -0.2) is 8.42 Å². The fourth-order valence-corrected chi connectivity index (χ4v) is 4.20. The number of hydrogen-bond acceptors (Lipinski definition) is 3. The highest BCUT2D eigenvalue weighted by Gasteiger charge is 2.27. The number of benzene rings is 1. The molecular weight excluding hydrogens is 282 g/mol. The first-order chi connectivity index (χ1) is 9.75. The van der Waals surface area contributed by atoms with Crippen molar-refractivity contribution in [3.05, 3.63) is 29.8 Å². The second-order valence-electron chi connectivity index (χ2n) is 7.23. The lowest BCUT2D eigenvalue weighted by atomic mass is 9.72. The normalized spacial score (nSPS) is 22.0. The monoisotopic (exact) mass is 309 g/mol. The Balaban J connectivity index is 2.00. The van der Waals surface area contributed by atoms with Crippen LogP contribution >= 0.6 is 0 Å². The van der Waals surface area contributed by atoms with Gasteiger partial charge < -0.3 is 5.32 Å². The molecule has 1 aromatic rings. The third-order valence-electron chi connectivity index (χ3n) is 4.32. The summed E-state index contributed by atoms with van der Waals surface area (Å²) in [5, 5.41) is 3.48. The topological polar surface area (TPSA) is 46.2 Å². The summed E-state index contributed by atoms with van der Waals surface area (Å²) in [5.41, 5.74) is 2.28. The van der Waals surface area contributed by atoms with Crippen molar-refractivity contribution >= 4 is 15.5 Å². The Bertz CT molecular complexity index is 578. The number of hydrogen-bond donors (Lipinski definition) is 1. The molecule has 0 amide bonds. The summed E-state index contributed by atoms with van der Waals surface area (Å²) in [7, 11) is -3.00. The average Bonchev–Trinajstić information content (AvgIpc) is 2.35. The molecule has 1 saturated carbocycles. The highest BCUT2D eigenvalue weighted by atomic mass is 32.2. The molecule has 3 nitrogen and oxygen atoms in total. The minimum absolute atomic E-state index is 0.104. The van der Waals surface area contributed by atoms with Crippen LogP contribution in [0.4, 0.5) is 5.69 Å². The minimum atomic E-state index is -3.00. The van der Waals surface area contributed by atoms with Gasteiger partial charge in [-0.3, -0.25) is 0 Å². The number of anilines is 1. The van der Waals surface area contributed by atoms with Crippen LogP contribution in [-0.4, -0.2) is 21.2 Å². The van der Waals surface area contributed by atoms with Crippen molar-refractivity contribution < 1.29 is 8.42 Å². The predicted molar refractivity (Wildman–Crippen MR) is 89.2 cm³/mol. The Kier molecular flexibility index (Phi) is 4.97. The van der Waals surface area contributed by atoms with Crippen molar-refractivity contribution in [3.8, 4) is 0 Å². The van der Waals surface area contributed by atoms with Crippen molar-refractivity contribution in [1.82, 2.24) is 0 Å². The quantitative estimate of drug-likeness (QED) is 0.898. The first-order valence-corrected chi connectivity index (χ1v) is 9.81. The zero-order chi connectivity index (χ0) is 15.5. The summed E-state index contributed by atoms with van der Waals surface area (Å²) in [6, 6.07) is 7.73. The van der Waals surface area contributed by atoms with Gasteiger partial charge in [0, 0.05) is 18.5 Å². The molecule has 118 valence electrons. The van der Waals surface area contributed by atoms with Crippen molar-refractivity contribution in [2.45, 2.75) is 45.3 Å². The van der Waals surface area contributed by atoms with Crippen LogP contribution < -0.4 is 5.32 Å². The Morgan fingerprint density at radius 2 is 2.00 bits per heavy atom. The van der Waals surface area contributed by atoms with Gasteiger partial charge in [0.2, 0.25) is 0 Å². The molecule has 1 N–H and O–H groups in total. The van der Waals surface area contributed by atoms with Gasteiger partial charge in [0.1, 0.15) is 0 Å². The van der Waals surface area contributed by atoms with E-state index >= 15 is 0 Å². The molecule has 1 aliphatic rings. The van der Waals surface area contributed by atoms with E-state index in [9.17, 15) is 8.42 Å². The Labute approximate surface area is 129 Å². The van der Waals surface area contributed by atoms with Crippen LogP contribution in [0.5, 0.6) is 0 Å². The van der Waals surface area contributed by atoms with Gasteiger partial charge in [-0.15, -0.1) is 0 Å². The molecule has 1 aromatic carbocycles. The molecular formula is C17H27NO2S. The van der Waals surface area contributed by atoms with Crippen molar-refractivity contribution in [2.75, 3.05) is 18.1 Å². The number of sulfone groups is 1. The van der Waals surface area contributed by atoms with E-state index in [2.05, 4.69) is 19.2 Å². The molecule has 1 fully saturated rings. The predicted octanol–water partition coefficient (Wildman–Crippen LogP) is 3.86. The molecule has 0 aliphatic heterocycles. The number of rotatable bonds is 5. The van der Waals surface area contributed by atoms with Gasteiger partial charge in [0.25, 0.3) is 0 Å². The molecule has 21 heavy (non-hydrogen) atoms. The molecule has 0 aromatic heterocycles. The standard InChI is InChI=1S/C17H27NO2S/c1-17(2)10-6-7-14(11-17)12-18-16-9-5-4-8-15(16)13-21(3,19)20/h4-5,8-9,14,18H,6-7,10-13H2,1-3H3/t14-/m0/s1. The third kappa shape index (κ3) is 5.34. The van der Waals surface area contributed by atoms with E-state index in [4.69, 9.17) is 0 Å². The SMILES string of the molecule is CC1(C)CCC[C@H](CNc2ccccc2CS(C)(=O)=O)C1. The second-order valence-corrected chi connectivity index (χ2v) is 9.37. The van der Waals surface area contributed by atoms with Crippen molar-refractivity contribution in [3.63, 3.8) is 0 Å². The number of nitrogens with one attached hydrogen (secondary N) is 1. The Hall–Kier alpha value is -1.03. The van der Waals surface area contributed by atoms with Crippen LogP contribution in [0.3, 0.4) is 0 Å². The molecule has 1 atom stereocenters. The van der Waals surface area contributed by atoms with Crippen LogP contribution in [0.25, 0.3) is 0 Å². The van der Waals surface area contributed by atoms with Gasteiger partial charge in [-0.1, -0.05) is 38.5 Å². The Morgan fingerprint density at radius 1 is 1.29 bits per heavy atom. The van der Waals surface area contributed by atoms with Gasteiger partial charge >= 0.3 is 0 Å². The van der Waals surface area contributed by atoms with E-state index in [0.717, 1.165) is 17.8 Å². The minimum Gasteiger partial charge on any atom is -0.385 e. The van der Waals surface area contributed by atoms with E-state index in [1.165, 1.54) is 31.9 Å². The van der Waals surface area contributed by atoms with E-state index in [1.54, 1.807) is 0 Å². The maximum absolute atomic E-state index is 11.5. The zero-order valence-corrected chi connectivity index (χ0v) is 14.2. The zero-order valence-electron chi connectivity index (χ0n) is 13.4. The van der Waals surface area contributed by atoms with Crippen LogP contribution in [0, 0.1) is 11.3 Å². The lowest BCUT2D eigenvalue weighted by molar-refractivity contribution is 0.187. The van der Waals surface area contributed by atoms with Crippen LogP contribution in [0.1, 0.15) is 45.1 Å².